The summed E-state index contributed by atoms with van der Waals surface area (Å²) in [4.78, 5) is 26.7. The maximum absolute atomic E-state index is 12.6. The van der Waals surface area contributed by atoms with Crippen LogP contribution in [0.3, 0.4) is 0 Å². The first-order chi connectivity index (χ1) is 14.8. The van der Waals surface area contributed by atoms with E-state index in [0.717, 1.165) is 32.5 Å². The molecule has 1 aliphatic heterocycles. The van der Waals surface area contributed by atoms with Gasteiger partial charge >= 0.3 is 5.97 Å². The lowest BCUT2D eigenvalue weighted by Gasteiger charge is -2.32. The predicted octanol–water partition coefficient (Wildman–Crippen LogP) is 3.70. The van der Waals surface area contributed by atoms with E-state index in [-0.39, 0.29) is 17.9 Å². The number of carboxylic acid groups (broad SMARTS) is 1. The van der Waals surface area contributed by atoms with Crippen molar-refractivity contribution < 1.29 is 14.7 Å². The molecule has 3 rings (SSSR count). The summed E-state index contributed by atoms with van der Waals surface area (Å²) in [5.41, 5.74) is 5.59. The number of nitrogens with one attached hydrogen (secondary N) is 1. The largest absolute Gasteiger partial charge is 0.478 e. The molecule has 1 aromatic heterocycles. The molecule has 0 radical (unpaired) electrons. The van der Waals surface area contributed by atoms with Crippen LogP contribution in [0.25, 0.3) is 0 Å². The van der Waals surface area contributed by atoms with E-state index in [1.54, 1.807) is 6.92 Å². The molecule has 0 unspecified atom stereocenters. The van der Waals surface area contributed by atoms with E-state index in [1.165, 1.54) is 16.7 Å². The molecule has 2 heterocycles. The van der Waals surface area contributed by atoms with E-state index < -0.39 is 5.97 Å². The summed E-state index contributed by atoms with van der Waals surface area (Å²) < 4.78 is 1.87. The van der Waals surface area contributed by atoms with Crippen LogP contribution in [0.1, 0.15) is 58.1 Å². The molecule has 0 atom stereocenters. The third-order valence-corrected chi connectivity index (χ3v) is 6.46. The lowest BCUT2D eigenvalue weighted by molar-refractivity contribution is -0.120. The molecule has 1 aromatic carbocycles. The number of hydrogen-bond acceptors (Lipinski definition) is 3. The van der Waals surface area contributed by atoms with E-state index in [0.29, 0.717) is 30.3 Å². The molecule has 1 saturated heterocycles. The van der Waals surface area contributed by atoms with Crippen molar-refractivity contribution >= 4 is 11.9 Å². The Hall–Kier alpha value is -2.60. The van der Waals surface area contributed by atoms with Gasteiger partial charge in [-0.05, 0) is 76.2 Å². The number of carbonyl (C=O) groups excluding carboxylic acids is 1. The zero-order valence-electron chi connectivity index (χ0n) is 19.2. The Balaban J connectivity index is 1.48. The highest BCUT2D eigenvalue weighted by Crippen LogP contribution is 2.21. The van der Waals surface area contributed by atoms with Gasteiger partial charge in [0.15, 0.2) is 0 Å². The third-order valence-electron chi connectivity index (χ3n) is 6.46. The fourth-order valence-corrected chi connectivity index (χ4v) is 4.54. The average molecular weight is 426 g/mol. The number of hydrogen-bond donors (Lipinski definition) is 2. The highest BCUT2D eigenvalue weighted by Gasteiger charge is 2.23. The molecule has 1 fully saturated rings. The molecule has 2 aromatic rings. The van der Waals surface area contributed by atoms with Crippen molar-refractivity contribution in [2.45, 2.75) is 60.0 Å². The van der Waals surface area contributed by atoms with Crippen molar-refractivity contribution in [3.8, 4) is 0 Å². The molecule has 2 N–H and O–H groups in total. The molecule has 0 spiro atoms. The van der Waals surface area contributed by atoms with Gasteiger partial charge in [0.1, 0.15) is 0 Å². The van der Waals surface area contributed by atoms with Gasteiger partial charge in [-0.1, -0.05) is 23.8 Å². The standard InChI is InChI=1S/C25H35N3O3/c1-5-28-15-19(4)24(25(30)31)22(28)13-23(29)26-14-20-8-10-27(11-9-20)16-21-12-17(2)6-7-18(21)3/h6-7,12,15,20H,5,8-11,13-14,16H2,1-4H3,(H,26,29)(H,30,31). The number of aromatic nitrogens is 1. The SMILES string of the molecule is CCn1cc(C)c(C(=O)O)c1CC(=O)NCC1CCN(Cc2cc(C)ccc2C)CC1. The van der Waals surface area contributed by atoms with Gasteiger partial charge in [-0.2, -0.15) is 0 Å². The number of carboxylic acids is 1. The summed E-state index contributed by atoms with van der Waals surface area (Å²) in [6.45, 7) is 12.4. The van der Waals surface area contributed by atoms with Crippen LogP contribution in [0.2, 0.25) is 0 Å². The summed E-state index contributed by atoms with van der Waals surface area (Å²) in [5.74, 6) is -0.603. The topological polar surface area (TPSA) is 74.6 Å². The molecule has 0 bridgehead atoms. The first-order valence-corrected chi connectivity index (χ1v) is 11.3. The van der Waals surface area contributed by atoms with Gasteiger partial charge in [-0.15, -0.1) is 0 Å². The van der Waals surface area contributed by atoms with Gasteiger partial charge < -0.3 is 15.0 Å². The van der Waals surface area contributed by atoms with Crippen LogP contribution in [-0.4, -0.2) is 46.1 Å². The van der Waals surface area contributed by atoms with Gasteiger partial charge in [-0.25, -0.2) is 4.79 Å². The van der Waals surface area contributed by atoms with Gasteiger partial charge in [0.2, 0.25) is 5.91 Å². The Morgan fingerprint density at radius 3 is 2.48 bits per heavy atom. The lowest BCUT2D eigenvalue weighted by Crippen LogP contribution is -2.39. The van der Waals surface area contributed by atoms with Crippen molar-refractivity contribution in [1.29, 1.82) is 0 Å². The van der Waals surface area contributed by atoms with Crippen molar-refractivity contribution in [3.05, 3.63) is 57.9 Å². The van der Waals surface area contributed by atoms with Crippen LogP contribution in [0.15, 0.2) is 24.4 Å². The zero-order valence-corrected chi connectivity index (χ0v) is 19.2. The normalized spacial score (nSPS) is 15.2. The van der Waals surface area contributed by atoms with Gasteiger partial charge in [0.05, 0.1) is 12.0 Å². The number of likely N-dealkylation sites (tertiary alicyclic amines) is 1. The second-order valence-electron chi connectivity index (χ2n) is 8.86. The van der Waals surface area contributed by atoms with Crippen molar-refractivity contribution in [3.63, 3.8) is 0 Å². The second-order valence-corrected chi connectivity index (χ2v) is 8.86. The Morgan fingerprint density at radius 2 is 1.84 bits per heavy atom. The number of aromatic carboxylic acids is 1. The molecule has 1 amide bonds. The Morgan fingerprint density at radius 1 is 1.13 bits per heavy atom. The molecule has 168 valence electrons. The fraction of sp³-hybridized carbons (Fsp3) is 0.520. The van der Waals surface area contributed by atoms with Gasteiger partial charge in [0, 0.05) is 31.5 Å². The van der Waals surface area contributed by atoms with Crippen molar-refractivity contribution in [2.24, 2.45) is 5.92 Å². The monoisotopic (exact) mass is 425 g/mol. The molecule has 0 aliphatic carbocycles. The van der Waals surface area contributed by atoms with Gasteiger partial charge in [-0.3, -0.25) is 9.69 Å². The maximum atomic E-state index is 12.6. The Kier molecular flexibility index (Phi) is 7.55. The zero-order chi connectivity index (χ0) is 22.5. The summed E-state index contributed by atoms with van der Waals surface area (Å²) in [6, 6.07) is 6.63. The van der Waals surface area contributed by atoms with E-state index >= 15 is 0 Å². The summed E-state index contributed by atoms with van der Waals surface area (Å²) in [7, 11) is 0. The molecule has 6 nitrogen and oxygen atoms in total. The molecule has 6 heteroatoms. The molecule has 31 heavy (non-hydrogen) atoms. The number of rotatable bonds is 8. The number of nitrogens with zero attached hydrogens (tertiary/aromatic N) is 2. The Bertz CT molecular complexity index is 940. The quantitative estimate of drug-likeness (QED) is 0.676. The molecule has 1 aliphatic rings. The molecular weight excluding hydrogens is 390 g/mol. The number of aryl methyl sites for hydroxylation is 4. The van der Waals surface area contributed by atoms with E-state index in [1.807, 2.05) is 17.7 Å². The third kappa shape index (κ3) is 5.76. The highest BCUT2D eigenvalue weighted by molar-refractivity contribution is 5.93. The lowest BCUT2D eigenvalue weighted by atomic mass is 9.95. The summed E-state index contributed by atoms with van der Waals surface area (Å²) in [5, 5.41) is 12.6. The number of piperidine rings is 1. The van der Waals surface area contributed by atoms with E-state index in [2.05, 4.69) is 42.3 Å². The van der Waals surface area contributed by atoms with Gasteiger partial charge in [0.25, 0.3) is 0 Å². The Labute approximate surface area is 185 Å². The highest BCUT2D eigenvalue weighted by atomic mass is 16.4. The van der Waals surface area contributed by atoms with Crippen LogP contribution >= 0.6 is 0 Å². The summed E-state index contributed by atoms with van der Waals surface area (Å²) >= 11 is 0. The maximum Gasteiger partial charge on any atom is 0.337 e. The van der Waals surface area contributed by atoms with Crippen LogP contribution in [0, 0.1) is 26.7 Å². The average Bonchev–Trinajstić information content (AvgIpc) is 3.05. The minimum absolute atomic E-state index is 0.104. The predicted molar refractivity (Wildman–Crippen MR) is 122 cm³/mol. The van der Waals surface area contributed by atoms with E-state index in [9.17, 15) is 14.7 Å². The first kappa shape index (κ1) is 23.1. The fourth-order valence-electron chi connectivity index (χ4n) is 4.54. The first-order valence-electron chi connectivity index (χ1n) is 11.3. The van der Waals surface area contributed by atoms with Crippen molar-refractivity contribution in [1.82, 2.24) is 14.8 Å². The molecule has 0 saturated carbocycles. The van der Waals surface area contributed by atoms with E-state index in [4.69, 9.17) is 0 Å². The smallest absolute Gasteiger partial charge is 0.337 e. The number of carbonyl (C=O) groups is 2. The van der Waals surface area contributed by atoms with Crippen LogP contribution in [0.4, 0.5) is 0 Å². The van der Waals surface area contributed by atoms with Crippen molar-refractivity contribution in [2.75, 3.05) is 19.6 Å². The van der Waals surface area contributed by atoms with Crippen LogP contribution < -0.4 is 5.32 Å². The minimum Gasteiger partial charge on any atom is -0.478 e. The number of amides is 1. The molecular formula is C25H35N3O3. The minimum atomic E-state index is -0.969. The second kappa shape index (κ2) is 10.1. The van der Waals surface area contributed by atoms with Crippen LogP contribution in [-0.2, 0) is 24.3 Å². The van der Waals surface area contributed by atoms with Crippen LogP contribution in [0.5, 0.6) is 0 Å². The number of benzene rings is 1. The summed E-state index contributed by atoms with van der Waals surface area (Å²) in [6.07, 6.45) is 4.05.